The number of benzene rings is 1. The molecule has 6 nitrogen and oxygen atoms in total. The molecule has 0 saturated heterocycles. The van der Waals surface area contributed by atoms with Crippen LogP contribution in [0.1, 0.15) is 0 Å². The fourth-order valence-corrected chi connectivity index (χ4v) is 0.762. The monoisotopic (exact) mass is 479 g/mol. The van der Waals surface area contributed by atoms with Gasteiger partial charge in [-0.05, 0) is 12.1 Å². The van der Waals surface area contributed by atoms with Gasteiger partial charge in [-0.15, -0.1) is 0 Å². The topological polar surface area (TPSA) is 78.7 Å². The van der Waals surface area contributed by atoms with E-state index in [4.69, 9.17) is 0 Å². The van der Waals surface area contributed by atoms with Gasteiger partial charge in [0.15, 0.2) is 0 Å². The summed E-state index contributed by atoms with van der Waals surface area (Å²) < 4.78 is 8.54. The van der Waals surface area contributed by atoms with Crippen molar-refractivity contribution < 1.29 is 19.2 Å². The van der Waals surface area contributed by atoms with E-state index in [1.165, 1.54) is 24.3 Å². The van der Waals surface area contributed by atoms with Crippen molar-refractivity contribution in [2.75, 3.05) is 0 Å². The molecule has 0 heterocycles. The molecule has 1 aromatic carbocycles. The number of hydrogen-bond donors (Lipinski definition) is 0. The van der Waals surface area contributed by atoms with Crippen LogP contribution in [0.25, 0.3) is 0 Å². The Kier molecular flexibility index (Phi) is 6.11. The van der Waals surface area contributed by atoms with E-state index in [0.717, 1.165) is 0 Å². The zero-order valence-corrected chi connectivity index (χ0v) is 15.1. The van der Waals surface area contributed by atoms with Crippen molar-refractivity contribution in [2.45, 2.75) is 0 Å². The van der Waals surface area contributed by atoms with Gasteiger partial charge in [0.1, 0.15) is 5.75 Å². The Morgan fingerprint density at radius 1 is 1.31 bits per heavy atom. The molecule has 0 aliphatic carbocycles. The number of carbonyl (C=O) groups excluding carboxylic acids is 1. The Morgan fingerprint density at radius 2 is 1.81 bits per heavy atom. The molecule has 84 valence electrons. The molecule has 0 saturated carbocycles. The van der Waals surface area contributed by atoms with E-state index >= 15 is 0 Å². The summed E-state index contributed by atoms with van der Waals surface area (Å²) in [4.78, 5) is 20.3. The van der Waals surface area contributed by atoms with Gasteiger partial charge in [-0.1, -0.05) is 0 Å². The summed E-state index contributed by atoms with van der Waals surface area (Å²) in [5.74, 6) is 0.157. The Bertz CT molecular complexity index is 351. The van der Waals surface area contributed by atoms with Crippen LogP contribution in [0.2, 0.25) is 0 Å². The molecule has 16 heavy (non-hydrogen) atoms. The first-order chi connectivity index (χ1) is 6.63. The van der Waals surface area contributed by atoms with Crippen LogP contribution < -0.4 is 4.74 Å². The van der Waals surface area contributed by atoms with Gasteiger partial charge < -0.3 is 16.9 Å². The molecule has 0 fully saturated rings. The zero-order chi connectivity index (χ0) is 10.6. The molecule has 0 amide bonds. The van der Waals surface area contributed by atoms with Crippen LogP contribution in [-0.2, 0) is 4.74 Å². The number of nitro groups is 1. The maximum absolute atomic E-state index is 10.6. The number of carbonyl (C=O) groups is 1. The molecule has 0 spiro atoms. The second-order valence-corrected chi connectivity index (χ2v) is 2.25. The number of ether oxygens (including phenoxy) is 2. The molecule has 7 heteroatoms. The van der Waals surface area contributed by atoms with E-state index in [1.54, 1.807) is 0 Å². The van der Waals surface area contributed by atoms with Crippen LogP contribution in [0.3, 0.4) is 0 Å². The normalized spacial score (nSPS) is 8.06. The second kappa shape index (κ2) is 6.36. The number of nitro benzene ring substituents is 1. The van der Waals surface area contributed by atoms with Gasteiger partial charge in [0.25, 0.3) is 5.69 Å². The fraction of sp³-hybridized carbons (Fsp3) is 0. The van der Waals surface area contributed by atoms with E-state index < -0.39 is 11.1 Å². The summed E-state index contributed by atoms with van der Waals surface area (Å²) >= 11 is 0. The largest absolute Gasteiger partial charge is 0.609 e. The molecule has 0 aliphatic rings. The Labute approximate surface area is 86.6 Å². The number of non-ortho nitro benzene ring substituents is 1. The minimum absolute atomic E-state index is 0. The van der Waals surface area contributed by atoms with Crippen LogP contribution in [0.15, 0.2) is 24.3 Å². The van der Waals surface area contributed by atoms with Gasteiger partial charge in [0, 0.05) is 12.1 Å². The minimum Gasteiger partial charge on any atom is -0.609 e. The van der Waals surface area contributed by atoms with E-state index in [1.807, 2.05) is 0 Å². The first kappa shape index (κ1) is 15.4. The van der Waals surface area contributed by atoms with Gasteiger partial charge in [0.05, 0.1) is 4.92 Å². The van der Waals surface area contributed by atoms with Crippen molar-refractivity contribution in [2.24, 2.45) is 0 Å². The maximum Gasteiger partial charge on any atom is 0.481 e. The molecule has 0 N–H and O–H groups in total. The van der Waals surface area contributed by atoms with Gasteiger partial charge in [0.2, 0.25) is 0 Å². The van der Waals surface area contributed by atoms with Crippen LogP contribution in [0.5, 0.6) is 5.75 Å². The van der Waals surface area contributed by atoms with E-state index in [9.17, 15) is 14.9 Å². The van der Waals surface area contributed by atoms with Crippen LogP contribution in [-0.4, -0.2) is 11.1 Å². The van der Waals surface area contributed by atoms with Gasteiger partial charge in [-0.25, -0.2) is 4.79 Å². The predicted molar refractivity (Wildman–Crippen MR) is 52.0 cm³/mol. The molecule has 0 atom stereocenters. The van der Waals surface area contributed by atoms with Crippen LogP contribution in [0.4, 0.5) is 10.5 Å². The van der Waals surface area contributed by atoms with Gasteiger partial charge >= 0.3 is 6.16 Å². The van der Waals surface area contributed by atoms with Crippen molar-refractivity contribution in [3.63, 3.8) is 0 Å². The average Bonchev–Trinajstić information content (AvgIpc) is 2.18. The molecule has 1 aromatic rings. The Morgan fingerprint density at radius 3 is 2.19 bits per heavy atom. The molecule has 0 bridgehead atoms. The number of rotatable bonds is 2. The quantitative estimate of drug-likeness (QED) is 0.214. The van der Waals surface area contributed by atoms with Crippen LogP contribution in [0, 0.1) is 24.7 Å². The number of hydrogen-bond acceptors (Lipinski definition) is 5. The van der Waals surface area contributed by atoms with Crippen molar-refractivity contribution in [1.29, 1.82) is 0 Å². The molecule has 0 aliphatic heterocycles. The Balaban J connectivity index is 0. The SMILES string of the molecule is [CH2-]OC(=O)Oc1ccc([N+](=O)[O-])cc1.[CH3-].[Db]. The third-order valence-corrected chi connectivity index (χ3v) is 1.37. The molecule has 0 radical (unpaired) electrons. The van der Waals surface area contributed by atoms with Crippen molar-refractivity contribution in [3.05, 3.63) is 48.9 Å². The van der Waals surface area contributed by atoms with Crippen molar-refractivity contribution in [1.82, 2.24) is 0 Å². The summed E-state index contributed by atoms with van der Waals surface area (Å²) in [5.41, 5.74) is -0.0830. The molecule has 0 unspecified atom stereocenters. The van der Waals surface area contributed by atoms with Gasteiger partial charge in [-0.2, -0.15) is 7.11 Å². The zero-order valence-electron chi connectivity index (χ0n) is 8.71. The summed E-state index contributed by atoms with van der Waals surface area (Å²) in [6, 6.07) is 5.00. The molecular formula is C9H9DbNO5-2. The summed E-state index contributed by atoms with van der Waals surface area (Å²) in [6.45, 7) is 0. The molecular weight excluding hydrogens is 470 g/mol. The van der Waals surface area contributed by atoms with Crippen molar-refractivity contribution in [3.8, 4) is 5.75 Å². The third-order valence-electron chi connectivity index (χ3n) is 1.37. The first-order valence-corrected chi connectivity index (χ1v) is 3.52. The first-order valence-electron chi connectivity index (χ1n) is 3.52. The smallest absolute Gasteiger partial charge is 0.481 e. The average molecular weight is 479 g/mol. The maximum atomic E-state index is 10.6. The predicted octanol–water partition coefficient (Wildman–Crippen LogP) is 2.35. The molecule has 0 aromatic heterocycles. The van der Waals surface area contributed by atoms with E-state index in [0.29, 0.717) is 0 Å². The number of nitrogens with zero attached hydrogens (tertiary/aromatic N) is 1. The second-order valence-electron chi connectivity index (χ2n) is 2.25. The third kappa shape index (κ3) is 3.73. The summed E-state index contributed by atoms with van der Waals surface area (Å²) in [6.07, 6.45) is -0.973. The van der Waals surface area contributed by atoms with E-state index in [2.05, 4.69) is 16.6 Å². The van der Waals surface area contributed by atoms with Gasteiger partial charge in [-0.3, -0.25) is 10.1 Å². The molecule has 1 rings (SSSR count). The standard InChI is InChI=1S/C8H6NO5.CH3.Db/c1-13-8(10)14-7-4-2-6(3-5-7)9(11)12;;/h2-5H,1H2;1H3;/q2*-1;. The summed E-state index contributed by atoms with van der Waals surface area (Å²) in [7, 11) is 2.84. The van der Waals surface area contributed by atoms with Crippen LogP contribution >= 0.6 is 0 Å². The van der Waals surface area contributed by atoms with Crippen molar-refractivity contribution >= 4 is 11.8 Å². The Hall–Kier alpha value is -3.11. The summed E-state index contributed by atoms with van der Waals surface area (Å²) in [5, 5.41) is 10.3. The fourth-order valence-electron chi connectivity index (χ4n) is 0.762. The minimum atomic E-state index is -0.973. The van der Waals surface area contributed by atoms with E-state index in [-0.39, 0.29) is 18.9 Å².